The Bertz CT molecular complexity index is 1410. The van der Waals surface area contributed by atoms with E-state index in [-0.39, 0.29) is 42.9 Å². The number of rotatable bonds is 10. The average molecular weight is 569 g/mol. The first-order valence-electron chi connectivity index (χ1n) is 14.7. The average Bonchev–Trinajstić information content (AvgIpc) is 3.51. The number of carboxylic acids is 1. The van der Waals surface area contributed by atoms with E-state index in [0.717, 1.165) is 12.0 Å². The van der Waals surface area contributed by atoms with Gasteiger partial charge in [0.2, 0.25) is 5.91 Å². The van der Waals surface area contributed by atoms with Gasteiger partial charge in [-0.2, -0.15) is 0 Å². The summed E-state index contributed by atoms with van der Waals surface area (Å²) in [6.45, 7) is 2.18. The Morgan fingerprint density at radius 3 is 2.19 bits per heavy atom. The third-order valence-electron chi connectivity index (χ3n) is 9.23. The summed E-state index contributed by atoms with van der Waals surface area (Å²) >= 11 is 0. The lowest BCUT2D eigenvalue weighted by molar-refractivity contribution is -0.147. The first-order valence-corrected chi connectivity index (χ1v) is 14.7. The van der Waals surface area contributed by atoms with Crippen LogP contribution in [0.25, 0.3) is 11.1 Å². The quantitative estimate of drug-likeness (QED) is 0.313. The Kier molecular flexibility index (Phi) is 7.98. The minimum atomic E-state index is -1.14. The van der Waals surface area contributed by atoms with Gasteiger partial charge in [-0.1, -0.05) is 78.9 Å². The maximum atomic E-state index is 13.1. The monoisotopic (exact) mass is 568 g/mol. The van der Waals surface area contributed by atoms with Gasteiger partial charge in [0.15, 0.2) is 6.04 Å². The second-order valence-corrected chi connectivity index (χ2v) is 11.7. The third-order valence-corrected chi connectivity index (χ3v) is 9.23. The number of benzene rings is 3. The molecule has 2 amide bonds. The highest BCUT2D eigenvalue weighted by Gasteiger charge is 2.50. The summed E-state index contributed by atoms with van der Waals surface area (Å²) in [5.74, 6) is -1.19. The van der Waals surface area contributed by atoms with E-state index in [1.165, 1.54) is 22.3 Å². The van der Waals surface area contributed by atoms with Gasteiger partial charge in [-0.05, 0) is 65.8 Å². The van der Waals surface area contributed by atoms with Gasteiger partial charge in [0.1, 0.15) is 6.61 Å². The van der Waals surface area contributed by atoms with Gasteiger partial charge in [0.25, 0.3) is 0 Å². The summed E-state index contributed by atoms with van der Waals surface area (Å²) in [5.41, 5.74) is 5.63. The van der Waals surface area contributed by atoms with Gasteiger partial charge in [-0.15, -0.1) is 0 Å². The molecule has 3 aromatic rings. The smallest absolute Gasteiger partial charge is 0.407 e. The minimum absolute atomic E-state index is 0.00177. The highest BCUT2D eigenvalue weighted by Crippen LogP contribution is 2.50. The molecular weight excluding hydrogens is 532 g/mol. The fraction of sp³-hybridized carbons (Fsp3) is 0.382. The zero-order chi connectivity index (χ0) is 29.2. The van der Waals surface area contributed by atoms with E-state index in [0.29, 0.717) is 18.8 Å². The number of ether oxygens (including phenoxy) is 2. The maximum Gasteiger partial charge on any atom is 0.407 e. The fourth-order valence-corrected chi connectivity index (χ4v) is 6.95. The van der Waals surface area contributed by atoms with Crippen molar-refractivity contribution < 1.29 is 29.0 Å². The van der Waals surface area contributed by atoms with Crippen molar-refractivity contribution in [3.8, 4) is 11.1 Å². The standard InChI is InChI=1S/C34H36N2O6/c1-20(41-18-21-9-3-2-4-10-21)31(33(38)39)36-32(37)23-15-22-17-30(28(22)16-23)35-34(40)42-19-29-26-13-7-5-11-24(26)25-12-6-8-14-27(25)29/h2-14,20,22-23,28-31H,15-19H2,1H3,(H,35,40)(H,36,37)(H,38,39)/t20-,22?,23?,28?,30?,31+/m1/s1. The van der Waals surface area contributed by atoms with Crippen molar-refractivity contribution in [2.75, 3.05) is 6.61 Å². The molecule has 0 bridgehead atoms. The largest absolute Gasteiger partial charge is 0.480 e. The number of amides is 2. The molecule has 0 spiro atoms. The van der Waals surface area contributed by atoms with E-state index >= 15 is 0 Å². The van der Waals surface area contributed by atoms with Crippen LogP contribution in [0.15, 0.2) is 78.9 Å². The molecule has 42 heavy (non-hydrogen) atoms. The number of hydrogen-bond acceptors (Lipinski definition) is 5. The minimum Gasteiger partial charge on any atom is -0.480 e. The van der Waals surface area contributed by atoms with Crippen molar-refractivity contribution in [3.05, 3.63) is 95.6 Å². The van der Waals surface area contributed by atoms with Crippen LogP contribution in [0.1, 0.15) is 48.8 Å². The van der Waals surface area contributed by atoms with Crippen LogP contribution in [-0.4, -0.2) is 47.9 Å². The molecule has 0 aliphatic heterocycles. The summed E-state index contributed by atoms with van der Waals surface area (Å²) in [6.07, 6.45) is 0.940. The number of nitrogens with one attached hydrogen (secondary N) is 2. The third kappa shape index (κ3) is 5.63. The summed E-state index contributed by atoms with van der Waals surface area (Å²) in [6, 6.07) is 24.8. The van der Waals surface area contributed by atoms with Crippen LogP contribution in [0.3, 0.4) is 0 Å². The number of carbonyl (C=O) groups excluding carboxylic acids is 2. The molecule has 0 aromatic heterocycles. The second kappa shape index (κ2) is 12.0. The Balaban J connectivity index is 0.985. The van der Waals surface area contributed by atoms with Gasteiger partial charge in [-0.25, -0.2) is 9.59 Å². The van der Waals surface area contributed by atoms with Crippen LogP contribution in [-0.2, 0) is 25.7 Å². The maximum absolute atomic E-state index is 13.1. The van der Waals surface area contributed by atoms with Gasteiger partial charge in [0, 0.05) is 17.9 Å². The number of aliphatic carboxylic acids is 1. The molecule has 2 saturated carbocycles. The van der Waals surface area contributed by atoms with Crippen molar-refractivity contribution in [3.63, 3.8) is 0 Å². The molecule has 0 radical (unpaired) electrons. The Hall–Kier alpha value is -4.17. The van der Waals surface area contributed by atoms with Crippen LogP contribution in [0, 0.1) is 17.8 Å². The van der Waals surface area contributed by atoms with E-state index in [9.17, 15) is 19.5 Å². The molecule has 218 valence electrons. The number of carboxylic acid groups (broad SMARTS) is 1. The van der Waals surface area contributed by atoms with Crippen LogP contribution >= 0.6 is 0 Å². The predicted molar refractivity (Wildman–Crippen MR) is 157 cm³/mol. The molecule has 8 nitrogen and oxygen atoms in total. The lowest BCUT2D eigenvalue weighted by Gasteiger charge is -2.40. The molecule has 0 heterocycles. The van der Waals surface area contributed by atoms with Crippen molar-refractivity contribution >= 4 is 18.0 Å². The first-order chi connectivity index (χ1) is 20.4. The summed E-state index contributed by atoms with van der Waals surface area (Å²) in [7, 11) is 0. The van der Waals surface area contributed by atoms with Gasteiger partial charge < -0.3 is 25.2 Å². The summed E-state index contributed by atoms with van der Waals surface area (Å²) in [4.78, 5) is 37.8. The molecule has 6 atom stereocenters. The highest BCUT2D eigenvalue weighted by molar-refractivity contribution is 5.85. The molecule has 8 heteroatoms. The molecule has 3 N–H and O–H groups in total. The molecule has 6 rings (SSSR count). The van der Waals surface area contributed by atoms with Crippen LogP contribution in [0.5, 0.6) is 0 Å². The molecule has 4 unspecified atom stereocenters. The number of hydrogen-bond donors (Lipinski definition) is 3. The van der Waals surface area contributed by atoms with Crippen molar-refractivity contribution in [1.29, 1.82) is 0 Å². The van der Waals surface area contributed by atoms with Crippen molar-refractivity contribution in [2.45, 2.75) is 56.9 Å². The first kappa shape index (κ1) is 28.0. The summed E-state index contributed by atoms with van der Waals surface area (Å²) < 4.78 is 11.5. The number of fused-ring (bicyclic) bond motifs is 4. The Labute approximate surface area is 245 Å². The molecule has 0 saturated heterocycles. The second-order valence-electron chi connectivity index (χ2n) is 11.7. The molecule has 3 aliphatic carbocycles. The number of alkyl carbamates (subject to hydrolysis) is 1. The predicted octanol–water partition coefficient (Wildman–Crippen LogP) is 5.11. The lowest BCUT2D eigenvalue weighted by Crippen LogP contribution is -2.50. The van der Waals surface area contributed by atoms with E-state index in [1.54, 1.807) is 6.92 Å². The van der Waals surface area contributed by atoms with Crippen molar-refractivity contribution in [1.82, 2.24) is 10.6 Å². The Morgan fingerprint density at radius 2 is 1.52 bits per heavy atom. The Morgan fingerprint density at radius 1 is 0.881 bits per heavy atom. The van der Waals surface area contributed by atoms with Crippen LogP contribution in [0.2, 0.25) is 0 Å². The molecule has 2 fully saturated rings. The van der Waals surface area contributed by atoms with E-state index in [2.05, 4.69) is 34.9 Å². The van der Waals surface area contributed by atoms with Crippen LogP contribution < -0.4 is 10.6 Å². The highest BCUT2D eigenvalue weighted by atomic mass is 16.5. The molecular formula is C34H36N2O6. The van der Waals surface area contributed by atoms with Crippen molar-refractivity contribution in [2.24, 2.45) is 17.8 Å². The normalized spacial score (nSPS) is 23.5. The van der Waals surface area contributed by atoms with Gasteiger partial charge in [-0.3, -0.25) is 4.79 Å². The molecule has 3 aliphatic rings. The SMILES string of the molecule is C[C@@H](OCc1ccccc1)[C@H](NC(=O)C1CC2CC(NC(=O)OCC3c4ccccc4-c4ccccc43)C2C1)C(=O)O. The van der Waals surface area contributed by atoms with E-state index < -0.39 is 24.2 Å². The lowest BCUT2D eigenvalue weighted by atomic mass is 9.71. The molecule has 3 aromatic carbocycles. The zero-order valence-corrected chi connectivity index (χ0v) is 23.6. The number of carbonyl (C=O) groups is 3. The van der Waals surface area contributed by atoms with Gasteiger partial charge in [0.05, 0.1) is 12.7 Å². The van der Waals surface area contributed by atoms with Crippen LogP contribution in [0.4, 0.5) is 4.79 Å². The van der Waals surface area contributed by atoms with E-state index in [1.807, 2.05) is 54.6 Å². The van der Waals surface area contributed by atoms with Gasteiger partial charge >= 0.3 is 12.1 Å². The zero-order valence-electron chi connectivity index (χ0n) is 23.6. The fourth-order valence-electron chi connectivity index (χ4n) is 6.95. The van der Waals surface area contributed by atoms with E-state index in [4.69, 9.17) is 9.47 Å². The summed E-state index contributed by atoms with van der Waals surface area (Å²) in [5, 5.41) is 15.5. The topological polar surface area (TPSA) is 114 Å².